The monoisotopic (exact) mass is 410 g/mol. The Morgan fingerprint density at radius 1 is 0.964 bits per heavy atom. The standard InChI is InChI=1S/C10H15NO2.C10H15NOS.2CH4/c2*1-7(2)8(3)4-9-6-13-10(5-12)11-9;;/h2*4,6-7,12H,5H2,1-3H3;2*1H4/b2*8-4+;;. The minimum Gasteiger partial charge on any atom is -0.446 e. The lowest BCUT2D eigenvalue weighted by Gasteiger charge is -2.02. The van der Waals surface area contributed by atoms with Gasteiger partial charge < -0.3 is 14.6 Å². The molecule has 0 amide bonds. The normalized spacial score (nSPS) is 11.6. The van der Waals surface area contributed by atoms with Crippen molar-refractivity contribution in [1.29, 1.82) is 0 Å². The molecule has 160 valence electrons. The van der Waals surface area contributed by atoms with E-state index in [1.165, 1.54) is 22.5 Å². The summed E-state index contributed by atoms with van der Waals surface area (Å²) < 4.78 is 4.99. The van der Waals surface area contributed by atoms with Crippen molar-refractivity contribution in [3.63, 3.8) is 0 Å². The lowest BCUT2D eigenvalue weighted by molar-refractivity contribution is 0.240. The van der Waals surface area contributed by atoms with Gasteiger partial charge in [-0.2, -0.15) is 0 Å². The Hall–Kier alpha value is -1.76. The smallest absolute Gasteiger partial charge is 0.220 e. The first kappa shape index (κ1) is 28.4. The van der Waals surface area contributed by atoms with E-state index in [0.717, 1.165) is 16.4 Å². The Morgan fingerprint density at radius 2 is 1.50 bits per heavy atom. The Morgan fingerprint density at radius 3 is 1.89 bits per heavy atom. The minimum absolute atomic E-state index is 0. The largest absolute Gasteiger partial charge is 0.446 e. The second-order valence-electron chi connectivity index (χ2n) is 6.73. The van der Waals surface area contributed by atoms with Crippen LogP contribution in [0.2, 0.25) is 0 Å². The van der Waals surface area contributed by atoms with Gasteiger partial charge in [0.25, 0.3) is 0 Å². The topological polar surface area (TPSA) is 79.4 Å². The molecule has 2 aromatic heterocycles. The molecule has 6 heteroatoms. The second kappa shape index (κ2) is 14.3. The molecule has 0 saturated carbocycles. The van der Waals surface area contributed by atoms with E-state index in [0.29, 0.717) is 17.7 Å². The van der Waals surface area contributed by atoms with Gasteiger partial charge in [-0.3, -0.25) is 0 Å². The molecule has 0 atom stereocenters. The van der Waals surface area contributed by atoms with E-state index in [1.54, 1.807) is 6.26 Å². The first-order valence-corrected chi connectivity index (χ1v) is 9.61. The summed E-state index contributed by atoms with van der Waals surface area (Å²) in [5.74, 6) is 1.43. The number of aliphatic hydroxyl groups excluding tert-OH is 2. The third-order valence-corrected chi connectivity index (χ3v) is 4.83. The maximum Gasteiger partial charge on any atom is 0.220 e. The average molecular weight is 411 g/mol. The maximum absolute atomic E-state index is 8.82. The van der Waals surface area contributed by atoms with Crippen molar-refractivity contribution in [1.82, 2.24) is 9.97 Å². The Balaban J connectivity index is 0. The molecule has 2 rings (SSSR count). The fourth-order valence-electron chi connectivity index (χ4n) is 1.73. The van der Waals surface area contributed by atoms with Crippen LogP contribution in [0, 0.1) is 11.8 Å². The zero-order chi connectivity index (χ0) is 19.7. The summed E-state index contributed by atoms with van der Waals surface area (Å²) in [5.41, 5.74) is 4.29. The van der Waals surface area contributed by atoms with Crippen LogP contribution < -0.4 is 0 Å². The van der Waals surface area contributed by atoms with Crippen molar-refractivity contribution in [2.75, 3.05) is 0 Å². The van der Waals surface area contributed by atoms with Crippen molar-refractivity contribution >= 4 is 23.5 Å². The highest BCUT2D eigenvalue weighted by Gasteiger charge is 2.02. The van der Waals surface area contributed by atoms with Crippen molar-refractivity contribution in [2.24, 2.45) is 11.8 Å². The summed E-state index contributed by atoms with van der Waals surface area (Å²) >= 11 is 1.50. The van der Waals surface area contributed by atoms with Gasteiger partial charge >= 0.3 is 0 Å². The van der Waals surface area contributed by atoms with Crippen molar-refractivity contribution < 1.29 is 14.6 Å². The number of oxazole rings is 1. The fraction of sp³-hybridized carbons (Fsp3) is 0.545. The summed E-state index contributed by atoms with van der Waals surface area (Å²) in [6, 6.07) is 0. The molecule has 0 bridgehead atoms. The van der Waals surface area contributed by atoms with Crippen molar-refractivity contribution in [3.8, 4) is 0 Å². The van der Waals surface area contributed by atoms with E-state index >= 15 is 0 Å². The van der Waals surface area contributed by atoms with Gasteiger partial charge in [0.2, 0.25) is 5.89 Å². The summed E-state index contributed by atoms with van der Waals surface area (Å²) in [6.07, 6.45) is 5.59. The van der Waals surface area contributed by atoms with E-state index in [-0.39, 0.29) is 28.1 Å². The van der Waals surface area contributed by atoms with Gasteiger partial charge in [0.05, 0.1) is 12.3 Å². The van der Waals surface area contributed by atoms with E-state index in [4.69, 9.17) is 14.6 Å². The number of hydrogen-bond donors (Lipinski definition) is 2. The van der Waals surface area contributed by atoms with Gasteiger partial charge in [0.15, 0.2) is 0 Å². The molecule has 0 aromatic carbocycles. The van der Waals surface area contributed by atoms with Crippen LogP contribution in [-0.4, -0.2) is 20.2 Å². The number of rotatable bonds is 6. The van der Waals surface area contributed by atoms with Crippen LogP contribution in [0.15, 0.2) is 27.2 Å². The van der Waals surface area contributed by atoms with Crippen molar-refractivity contribution in [2.45, 2.75) is 69.6 Å². The number of thiazole rings is 1. The van der Waals surface area contributed by atoms with Gasteiger partial charge in [-0.05, 0) is 37.8 Å². The molecular formula is C22H38N2O3S. The van der Waals surface area contributed by atoms with Crippen molar-refractivity contribution in [3.05, 3.63) is 45.1 Å². The summed E-state index contributed by atoms with van der Waals surface area (Å²) in [7, 11) is 0. The quantitative estimate of drug-likeness (QED) is 0.593. The zero-order valence-corrected chi connectivity index (χ0v) is 17.3. The van der Waals surface area contributed by atoms with Crippen LogP contribution in [0.1, 0.15) is 78.7 Å². The molecule has 0 aliphatic heterocycles. The van der Waals surface area contributed by atoms with Gasteiger partial charge in [-0.25, -0.2) is 9.97 Å². The number of allylic oxidation sites excluding steroid dienone is 2. The molecule has 2 aromatic rings. The van der Waals surface area contributed by atoms with Gasteiger partial charge in [0.1, 0.15) is 23.6 Å². The van der Waals surface area contributed by atoms with E-state index in [2.05, 4.69) is 57.6 Å². The molecule has 0 spiro atoms. The van der Waals surface area contributed by atoms with Crippen LogP contribution in [0.3, 0.4) is 0 Å². The number of aliphatic hydroxyl groups is 2. The summed E-state index contributed by atoms with van der Waals surface area (Å²) in [5, 5.41) is 20.3. The molecule has 0 radical (unpaired) electrons. The van der Waals surface area contributed by atoms with Crippen LogP contribution >= 0.6 is 11.3 Å². The minimum atomic E-state index is -0.144. The molecule has 0 aliphatic carbocycles. The highest BCUT2D eigenvalue weighted by molar-refractivity contribution is 7.09. The molecule has 0 aliphatic rings. The lowest BCUT2D eigenvalue weighted by Crippen LogP contribution is -1.88. The third-order valence-electron chi connectivity index (χ3n) is 3.98. The fourth-order valence-corrected chi connectivity index (χ4v) is 2.34. The van der Waals surface area contributed by atoms with Gasteiger partial charge in [0, 0.05) is 5.38 Å². The van der Waals surface area contributed by atoms with E-state index < -0.39 is 0 Å². The molecule has 2 N–H and O–H groups in total. The second-order valence-corrected chi connectivity index (χ2v) is 7.68. The molecule has 0 fully saturated rings. The van der Waals surface area contributed by atoms with E-state index in [1.807, 2.05) is 11.5 Å². The number of nitrogens with zero attached hydrogens (tertiary/aromatic N) is 2. The SMILES string of the molecule is C.C.C/C(=C\c1coc(CO)n1)C(C)C.C/C(=C\c1csc(CO)n1)C(C)C. The Kier molecular flexibility index (Phi) is 14.5. The van der Waals surface area contributed by atoms with Gasteiger partial charge in [-0.15, -0.1) is 11.3 Å². The predicted octanol–water partition coefficient (Wildman–Crippen LogP) is 6.19. The zero-order valence-electron chi connectivity index (χ0n) is 16.5. The Bertz CT molecular complexity index is 665. The predicted molar refractivity (Wildman–Crippen MR) is 121 cm³/mol. The highest BCUT2D eigenvalue weighted by atomic mass is 32.1. The Labute approximate surface area is 174 Å². The number of aromatic nitrogens is 2. The summed E-state index contributed by atoms with van der Waals surface area (Å²) in [4.78, 5) is 8.30. The molecule has 5 nitrogen and oxygen atoms in total. The first-order chi connectivity index (χ1) is 12.3. The maximum atomic E-state index is 8.82. The van der Waals surface area contributed by atoms with Crippen LogP contribution in [0.4, 0.5) is 0 Å². The lowest BCUT2D eigenvalue weighted by atomic mass is 10.0. The summed E-state index contributed by atoms with van der Waals surface area (Å²) in [6.45, 7) is 12.6. The van der Waals surface area contributed by atoms with Gasteiger partial charge in [-0.1, -0.05) is 53.7 Å². The van der Waals surface area contributed by atoms with Crippen LogP contribution in [-0.2, 0) is 13.2 Å². The molecule has 28 heavy (non-hydrogen) atoms. The first-order valence-electron chi connectivity index (χ1n) is 8.73. The molecular weight excluding hydrogens is 372 g/mol. The number of hydrogen-bond acceptors (Lipinski definition) is 6. The highest BCUT2D eigenvalue weighted by Crippen LogP contribution is 2.16. The molecule has 2 heterocycles. The van der Waals surface area contributed by atoms with Crippen LogP contribution in [0.5, 0.6) is 0 Å². The van der Waals surface area contributed by atoms with Crippen LogP contribution in [0.25, 0.3) is 12.2 Å². The molecule has 0 saturated heterocycles. The third kappa shape index (κ3) is 9.97. The van der Waals surface area contributed by atoms with E-state index in [9.17, 15) is 0 Å². The average Bonchev–Trinajstić information content (AvgIpc) is 3.24. The molecule has 0 unspecified atom stereocenters.